The van der Waals surface area contributed by atoms with Crippen LogP contribution in [-0.2, 0) is 9.59 Å². The van der Waals surface area contributed by atoms with Crippen LogP contribution in [0.4, 0.5) is 5.69 Å². The Labute approximate surface area is 123 Å². The van der Waals surface area contributed by atoms with Crippen molar-refractivity contribution in [2.24, 2.45) is 5.92 Å². The van der Waals surface area contributed by atoms with E-state index in [0.29, 0.717) is 0 Å². The highest BCUT2D eigenvalue weighted by Gasteiger charge is 2.39. The van der Waals surface area contributed by atoms with E-state index < -0.39 is 23.8 Å². The molecule has 2 rings (SSSR count). The van der Waals surface area contributed by atoms with Crippen LogP contribution in [0.1, 0.15) is 0 Å². The van der Waals surface area contributed by atoms with Gasteiger partial charge < -0.3 is 15.7 Å². The lowest BCUT2D eigenvalue weighted by Crippen LogP contribution is -2.34. The second kappa shape index (κ2) is 5.54. The predicted octanol–water partition coefficient (Wildman–Crippen LogP) is 1.69. The van der Waals surface area contributed by atoms with Gasteiger partial charge in [0.1, 0.15) is 5.92 Å². The SMILES string of the molecule is O=C1NCC(O)C1C(=O)Nc1ccc(Cl)c(Cl)c1Cl. The van der Waals surface area contributed by atoms with Crippen molar-refractivity contribution in [3.8, 4) is 0 Å². The number of hydrogen-bond donors (Lipinski definition) is 3. The number of carbonyl (C=O) groups excluding carboxylic acids is 2. The molecule has 1 heterocycles. The van der Waals surface area contributed by atoms with Gasteiger partial charge in [0, 0.05) is 6.54 Å². The smallest absolute Gasteiger partial charge is 0.239 e. The topological polar surface area (TPSA) is 78.4 Å². The Kier molecular flexibility index (Phi) is 4.20. The van der Waals surface area contributed by atoms with Crippen molar-refractivity contribution in [2.45, 2.75) is 6.10 Å². The standard InChI is InChI=1S/C11H9Cl3N2O3/c12-4-1-2-5(9(14)8(4)13)16-11(19)7-6(17)3-15-10(7)18/h1-2,6-7,17H,3H2,(H,15,18)(H,16,19). The second-order valence-corrected chi connectivity index (χ2v) is 5.17. The molecular formula is C11H9Cl3N2O3. The summed E-state index contributed by atoms with van der Waals surface area (Å²) in [6.07, 6.45) is -1.06. The Balaban J connectivity index is 2.20. The molecule has 0 spiro atoms. The zero-order valence-corrected chi connectivity index (χ0v) is 11.7. The van der Waals surface area contributed by atoms with E-state index in [2.05, 4.69) is 10.6 Å². The monoisotopic (exact) mass is 322 g/mol. The summed E-state index contributed by atoms with van der Waals surface area (Å²) in [6.45, 7) is 0.0476. The molecule has 0 bridgehead atoms. The maximum absolute atomic E-state index is 11.9. The van der Waals surface area contributed by atoms with E-state index in [-0.39, 0.29) is 27.3 Å². The summed E-state index contributed by atoms with van der Waals surface area (Å²) in [6, 6.07) is 2.93. The van der Waals surface area contributed by atoms with Crippen LogP contribution in [0.3, 0.4) is 0 Å². The zero-order valence-electron chi connectivity index (χ0n) is 9.41. The maximum atomic E-state index is 11.9. The van der Waals surface area contributed by atoms with Crippen molar-refractivity contribution in [3.63, 3.8) is 0 Å². The first-order valence-corrected chi connectivity index (χ1v) is 6.45. The van der Waals surface area contributed by atoms with Crippen LogP contribution in [0.25, 0.3) is 0 Å². The number of halogens is 3. The molecule has 19 heavy (non-hydrogen) atoms. The molecule has 2 amide bonds. The molecule has 1 aromatic rings. The minimum atomic E-state index is -1.16. The summed E-state index contributed by atoms with van der Waals surface area (Å²) in [5.41, 5.74) is 0.230. The van der Waals surface area contributed by atoms with Gasteiger partial charge in [0.15, 0.2) is 0 Å². The molecule has 0 aromatic heterocycles. The third-order valence-corrected chi connectivity index (χ3v) is 4.02. The number of hydrogen-bond acceptors (Lipinski definition) is 3. The summed E-state index contributed by atoms with van der Waals surface area (Å²) in [7, 11) is 0. The summed E-state index contributed by atoms with van der Waals surface area (Å²) >= 11 is 17.5. The number of aliphatic hydroxyl groups is 1. The fraction of sp³-hybridized carbons (Fsp3) is 0.273. The third kappa shape index (κ3) is 2.79. The molecule has 1 fully saturated rings. The van der Waals surface area contributed by atoms with E-state index in [1.165, 1.54) is 12.1 Å². The lowest BCUT2D eigenvalue weighted by Gasteiger charge is -2.13. The van der Waals surface area contributed by atoms with Crippen LogP contribution < -0.4 is 10.6 Å². The van der Waals surface area contributed by atoms with Gasteiger partial charge in [-0.25, -0.2) is 0 Å². The average Bonchev–Trinajstić information content (AvgIpc) is 2.70. The average molecular weight is 324 g/mol. The Morgan fingerprint density at radius 2 is 2.00 bits per heavy atom. The quantitative estimate of drug-likeness (QED) is 0.572. The lowest BCUT2D eigenvalue weighted by molar-refractivity contribution is -0.132. The third-order valence-electron chi connectivity index (χ3n) is 2.73. The van der Waals surface area contributed by atoms with Gasteiger partial charge in [-0.05, 0) is 12.1 Å². The molecular weight excluding hydrogens is 314 g/mol. The molecule has 2 unspecified atom stereocenters. The fourth-order valence-electron chi connectivity index (χ4n) is 1.73. The molecule has 1 aromatic carbocycles. The summed E-state index contributed by atoms with van der Waals surface area (Å²) in [4.78, 5) is 23.3. The number of rotatable bonds is 2. The Hall–Kier alpha value is -1.01. The first kappa shape index (κ1) is 14.4. The maximum Gasteiger partial charge on any atom is 0.239 e. The van der Waals surface area contributed by atoms with Gasteiger partial charge in [-0.3, -0.25) is 9.59 Å². The molecule has 0 saturated carbocycles. The number of amides is 2. The van der Waals surface area contributed by atoms with E-state index in [1.54, 1.807) is 0 Å². The molecule has 0 radical (unpaired) electrons. The van der Waals surface area contributed by atoms with Crippen molar-refractivity contribution < 1.29 is 14.7 Å². The molecule has 0 aliphatic carbocycles. The zero-order chi connectivity index (χ0) is 14.2. The number of carbonyl (C=O) groups is 2. The lowest BCUT2D eigenvalue weighted by atomic mass is 10.0. The minimum absolute atomic E-state index is 0.0476. The highest BCUT2D eigenvalue weighted by molar-refractivity contribution is 6.49. The summed E-state index contributed by atoms with van der Waals surface area (Å²) in [5.74, 6) is -2.34. The van der Waals surface area contributed by atoms with Crippen LogP contribution in [0.15, 0.2) is 12.1 Å². The largest absolute Gasteiger partial charge is 0.390 e. The van der Waals surface area contributed by atoms with Gasteiger partial charge >= 0.3 is 0 Å². The molecule has 102 valence electrons. The van der Waals surface area contributed by atoms with Crippen LogP contribution in [-0.4, -0.2) is 29.6 Å². The second-order valence-electron chi connectivity index (χ2n) is 4.00. The number of benzene rings is 1. The normalized spacial score (nSPS) is 22.2. The predicted molar refractivity (Wildman–Crippen MR) is 72.6 cm³/mol. The molecule has 2 atom stereocenters. The Morgan fingerprint density at radius 1 is 1.32 bits per heavy atom. The van der Waals surface area contributed by atoms with Crippen LogP contribution >= 0.6 is 34.8 Å². The molecule has 1 aliphatic heterocycles. The minimum Gasteiger partial charge on any atom is -0.390 e. The van der Waals surface area contributed by atoms with Crippen LogP contribution in [0.5, 0.6) is 0 Å². The van der Waals surface area contributed by atoms with E-state index in [9.17, 15) is 14.7 Å². The van der Waals surface area contributed by atoms with Gasteiger partial charge in [-0.15, -0.1) is 0 Å². The fourth-order valence-corrected chi connectivity index (χ4v) is 2.32. The van der Waals surface area contributed by atoms with Gasteiger partial charge in [-0.2, -0.15) is 0 Å². The number of anilines is 1. The van der Waals surface area contributed by atoms with Crippen LogP contribution in [0, 0.1) is 5.92 Å². The number of β-amino-alcohol motifs (C(OH)–C–C–N with tert-alkyl or cyclic N) is 1. The van der Waals surface area contributed by atoms with Crippen molar-refractivity contribution in [2.75, 3.05) is 11.9 Å². The first-order valence-electron chi connectivity index (χ1n) is 5.32. The molecule has 1 aliphatic rings. The van der Waals surface area contributed by atoms with Crippen molar-refractivity contribution >= 4 is 52.3 Å². The Morgan fingerprint density at radius 3 is 2.58 bits per heavy atom. The summed E-state index contributed by atoms with van der Waals surface area (Å²) in [5, 5.41) is 14.8. The molecule has 3 N–H and O–H groups in total. The highest BCUT2D eigenvalue weighted by atomic mass is 35.5. The Bertz CT molecular complexity index is 550. The van der Waals surface area contributed by atoms with Gasteiger partial charge in [-0.1, -0.05) is 34.8 Å². The van der Waals surface area contributed by atoms with E-state index in [4.69, 9.17) is 34.8 Å². The molecule has 8 heteroatoms. The molecule has 1 saturated heterocycles. The van der Waals surface area contributed by atoms with E-state index in [1.807, 2.05) is 0 Å². The first-order chi connectivity index (χ1) is 8.91. The van der Waals surface area contributed by atoms with Crippen molar-refractivity contribution in [1.29, 1.82) is 0 Å². The molecule has 5 nitrogen and oxygen atoms in total. The van der Waals surface area contributed by atoms with Gasteiger partial charge in [0.25, 0.3) is 0 Å². The number of aliphatic hydroxyl groups excluding tert-OH is 1. The van der Waals surface area contributed by atoms with Gasteiger partial charge in [0.2, 0.25) is 11.8 Å². The van der Waals surface area contributed by atoms with Crippen molar-refractivity contribution in [1.82, 2.24) is 5.32 Å². The van der Waals surface area contributed by atoms with Gasteiger partial charge in [0.05, 0.1) is 26.9 Å². The van der Waals surface area contributed by atoms with E-state index >= 15 is 0 Å². The highest BCUT2D eigenvalue weighted by Crippen LogP contribution is 2.35. The summed E-state index contributed by atoms with van der Waals surface area (Å²) < 4.78 is 0. The van der Waals surface area contributed by atoms with E-state index in [0.717, 1.165) is 0 Å². The van der Waals surface area contributed by atoms with Crippen LogP contribution in [0.2, 0.25) is 15.1 Å². The number of nitrogens with one attached hydrogen (secondary N) is 2. The van der Waals surface area contributed by atoms with Crippen molar-refractivity contribution in [3.05, 3.63) is 27.2 Å².